The van der Waals surface area contributed by atoms with Crippen molar-refractivity contribution in [2.45, 2.75) is 58.0 Å². The molecule has 82 valence electrons. The van der Waals surface area contributed by atoms with Crippen LogP contribution in [0.4, 0.5) is 0 Å². The molecule has 0 aromatic rings. The zero-order chi connectivity index (χ0) is 9.97. The van der Waals surface area contributed by atoms with Gasteiger partial charge in [0.2, 0.25) is 0 Å². The highest BCUT2D eigenvalue weighted by Gasteiger charge is 2.34. The Balaban J connectivity index is 1.90. The van der Waals surface area contributed by atoms with Gasteiger partial charge in [-0.15, -0.1) is 0 Å². The fourth-order valence-electron chi connectivity index (χ4n) is 3.53. The van der Waals surface area contributed by atoms with Crippen molar-refractivity contribution < 1.29 is 4.74 Å². The largest absolute Gasteiger partial charge is 0.381 e. The van der Waals surface area contributed by atoms with E-state index in [0.717, 1.165) is 17.8 Å². The summed E-state index contributed by atoms with van der Waals surface area (Å²) in [4.78, 5) is 0. The molecule has 2 saturated carbocycles. The van der Waals surface area contributed by atoms with Gasteiger partial charge in [-0.05, 0) is 49.9 Å². The summed E-state index contributed by atoms with van der Waals surface area (Å²) in [6.45, 7) is 2.35. The molecule has 0 N–H and O–H groups in total. The van der Waals surface area contributed by atoms with Crippen molar-refractivity contribution in [3.05, 3.63) is 0 Å². The van der Waals surface area contributed by atoms with Gasteiger partial charge in [0.05, 0.1) is 6.10 Å². The predicted molar refractivity (Wildman–Crippen MR) is 59.3 cm³/mol. The summed E-state index contributed by atoms with van der Waals surface area (Å²) >= 11 is 0. The zero-order valence-electron chi connectivity index (χ0n) is 9.67. The summed E-state index contributed by atoms with van der Waals surface area (Å²) < 4.78 is 5.51. The highest BCUT2D eigenvalue weighted by atomic mass is 16.5. The van der Waals surface area contributed by atoms with E-state index in [4.69, 9.17) is 4.74 Å². The molecule has 2 fully saturated rings. The molecule has 14 heavy (non-hydrogen) atoms. The van der Waals surface area contributed by atoms with Crippen LogP contribution in [0.3, 0.4) is 0 Å². The van der Waals surface area contributed by atoms with Crippen LogP contribution >= 0.6 is 0 Å². The van der Waals surface area contributed by atoms with E-state index in [1.165, 1.54) is 44.9 Å². The van der Waals surface area contributed by atoms with Crippen LogP contribution in [0.15, 0.2) is 0 Å². The second-order valence-electron chi connectivity index (χ2n) is 5.28. The van der Waals surface area contributed by atoms with E-state index in [0.29, 0.717) is 6.10 Å². The molecule has 4 unspecified atom stereocenters. The molecule has 0 heterocycles. The number of hydrogen-bond donors (Lipinski definition) is 0. The second kappa shape index (κ2) is 4.65. The molecule has 2 aliphatic rings. The maximum Gasteiger partial charge on any atom is 0.0574 e. The fourth-order valence-corrected chi connectivity index (χ4v) is 3.53. The Labute approximate surface area is 88.2 Å². The summed E-state index contributed by atoms with van der Waals surface area (Å²) in [6, 6.07) is 0. The van der Waals surface area contributed by atoms with E-state index >= 15 is 0 Å². The van der Waals surface area contributed by atoms with Crippen LogP contribution in [0.2, 0.25) is 0 Å². The topological polar surface area (TPSA) is 9.23 Å². The molecule has 1 heteroatoms. The smallest absolute Gasteiger partial charge is 0.0574 e. The van der Waals surface area contributed by atoms with Crippen molar-refractivity contribution >= 4 is 0 Å². The monoisotopic (exact) mass is 196 g/mol. The van der Waals surface area contributed by atoms with Gasteiger partial charge in [0.25, 0.3) is 0 Å². The van der Waals surface area contributed by atoms with Gasteiger partial charge < -0.3 is 4.74 Å². The van der Waals surface area contributed by atoms with Gasteiger partial charge in [-0.1, -0.05) is 19.8 Å². The Hall–Kier alpha value is -0.0400. The highest BCUT2D eigenvalue weighted by molar-refractivity contribution is 4.86. The molecule has 0 aliphatic heterocycles. The SMILES string of the molecule is CCC1CCC2CCC(OC)CC2C1. The first-order chi connectivity index (χ1) is 6.83. The number of ether oxygens (including phenoxy) is 1. The third-order valence-electron chi connectivity index (χ3n) is 4.58. The summed E-state index contributed by atoms with van der Waals surface area (Å²) in [5.41, 5.74) is 0. The summed E-state index contributed by atoms with van der Waals surface area (Å²) in [5, 5.41) is 0. The fraction of sp³-hybridized carbons (Fsp3) is 1.00. The Bertz CT molecular complexity index is 160. The lowest BCUT2D eigenvalue weighted by atomic mass is 9.66. The van der Waals surface area contributed by atoms with Crippen LogP contribution < -0.4 is 0 Å². The van der Waals surface area contributed by atoms with E-state index in [1.54, 1.807) is 0 Å². The van der Waals surface area contributed by atoms with Gasteiger partial charge in [-0.3, -0.25) is 0 Å². The minimum Gasteiger partial charge on any atom is -0.381 e. The van der Waals surface area contributed by atoms with Crippen molar-refractivity contribution in [3.8, 4) is 0 Å². The average Bonchev–Trinajstić information content (AvgIpc) is 2.27. The zero-order valence-corrected chi connectivity index (χ0v) is 9.67. The second-order valence-corrected chi connectivity index (χ2v) is 5.28. The van der Waals surface area contributed by atoms with Crippen LogP contribution in [0, 0.1) is 17.8 Å². The molecular weight excluding hydrogens is 172 g/mol. The van der Waals surface area contributed by atoms with Crippen molar-refractivity contribution in [2.24, 2.45) is 17.8 Å². The number of hydrogen-bond acceptors (Lipinski definition) is 1. The molecule has 0 spiro atoms. The third kappa shape index (κ3) is 2.13. The summed E-state index contributed by atoms with van der Waals surface area (Å²) in [5.74, 6) is 3.06. The molecule has 2 aliphatic carbocycles. The van der Waals surface area contributed by atoms with Gasteiger partial charge in [0.15, 0.2) is 0 Å². The van der Waals surface area contributed by atoms with Gasteiger partial charge in [0.1, 0.15) is 0 Å². The highest BCUT2D eigenvalue weighted by Crippen LogP contribution is 2.44. The Morgan fingerprint density at radius 2 is 1.79 bits per heavy atom. The molecule has 1 nitrogen and oxygen atoms in total. The minimum atomic E-state index is 0.576. The molecule has 0 aromatic heterocycles. The molecule has 0 amide bonds. The number of rotatable bonds is 2. The standard InChI is InChI=1S/C13H24O/c1-3-10-4-5-11-6-7-13(14-2)9-12(11)8-10/h10-13H,3-9H2,1-2H3. The quantitative estimate of drug-likeness (QED) is 0.655. The van der Waals surface area contributed by atoms with Gasteiger partial charge in [-0.25, -0.2) is 0 Å². The molecule has 0 saturated heterocycles. The first-order valence-corrected chi connectivity index (χ1v) is 6.36. The number of methoxy groups -OCH3 is 1. The first kappa shape index (κ1) is 10.5. The van der Waals surface area contributed by atoms with Crippen LogP contribution in [-0.2, 0) is 4.74 Å². The van der Waals surface area contributed by atoms with Gasteiger partial charge >= 0.3 is 0 Å². The van der Waals surface area contributed by atoms with Crippen molar-refractivity contribution in [1.29, 1.82) is 0 Å². The molecular formula is C13H24O. The average molecular weight is 196 g/mol. The Kier molecular flexibility index (Phi) is 3.48. The van der Waals surface area contributed by atoms with E-state index in [9.17, 15) is 0 Å². The van der Waals surface area contributed by atoms with Crippen LogP contribution in [0.5, 0.6) is 0 Å². The van der Waals surface area contributed by atoms with E-state index in [1.807, 2.05) is 7.11 Å². The lowest BCUT2D eigenvalue weighted by molar-refractivity contribution is 0.00554. The van der Waals surface area contributed by atoms with E-state index in [-0.39, 0.29) is 0 Å². The van der Waals surface area contributed by atoms with Crippen LogP contribution in [0.25, 0.3) is 0 Å². The summed E-state index contributed by atoms with van der Waals surface area (Å²) in [7, 11) is 1.88. The van der Waals surface area contributed by atoms with Gasteiger partial charge in [-0.2, -0.15) is 0 Å². The maximum atomic E-state index is 5.51. The first-order valence-electron chi connectivity index (χ1n) is 6.36. The summed E-state index contributed by atoms with van der Waals surface area (Å²) in [6.07, 6.45) is 10.5. The predicted octanol–water partition coefficient (Wildman–Crippen LogP) is 3.63. The van der Waals surface area contributed by atoms with E-state index < -0.39 is 0 Å². The van der Waals surface area contributed by atoms with Crippen molar-refractivity contribution in [3.63, 3.8) is 0 Å². The van der Waals surface area contributed by atoms with Gasteiger partial charge in [0, 0.05) is 7.11 Å². The maximum absolute atomic E-state index is 5.51. The molecule has 2 rings (SSSR count). The van der Waals surface area contributed by atoms with Crippen molar-refractivity contribution in [1.82, 2.24) is 0 Å². The molecule has 4 atom stereocenters. The minimum absolute atomic E-state index is 0.576. The normalized spacial score (nSPS) is 43.3. The van der Waals surface area contributed by atoms with E-state index in [2.05, 4.69) is 6.92 Å². The molecule has 0 aromatic carbocycles. The molecule has 0 radical (unpaired) electrons. The third-order valence-corrected chi connectivity index (χ3v) is 4.58. The lowest BCUT2D eigenvalue weighted by Crippen LogP contribution is -2.33. The Morgan fingerprint density at radius 1 is 1.00 bits per heavy atom. The lowest BCUT2D eigenvalue weighted by Gasteiger charge is -2.41. The van der Waals surface area contributed by atoms with Crippen LogP contribution in [-0.4, -0.2) is 13.2 Å². The number of fused-ring (bicyclic) bond motifs is 1. The molecule has 0 bridgehead atoms. The van der Waals surface area contributed by atoms with Crippen molar-refractivity contribution in [2.75, 3.05) is 7.11 Å². The van der Waals surface area contributed by atoms with Crippen LogP contribution in [0.1, 0.15) is 51.9 Å². The Morgan fingerprint density at radius 3 is 2.50 bits per heavy atom.